The molecule has 0 aliphatic heterocycles. The van der Waals surface area contributed by atoms with Gasteiger partial charge in [-0.15, -0.1) is 0 Å². The molecule has 0 aromatic heterocycles. The van der Waals surface area contributed by atoms with E-state index in [1.165, 1.54) is 0 Å². The minimum absolute atomic E-state index is 0.399. The molecule has 0 heterocycles. The molecule has 3 nitrogen and oxygen atoms in total. The van der Waals surface area contributed by atoms with E-state index >= 15 is 0 Å². The van der Waals surface area contributed by atoms with Crippen molar-refractivity contribution in [3.63, 3.8) is 0 Å². The topological polar surface area (TPSA) is 55.1 Å². The van der Waals surface area contributed by atoms with Gasteiger partial charge in [-0.3, -0.25) is 4.79 Å². The van der Waals surface area contributed by atoms with E-state index < -0.39 is 28.8 Å². The standard InChI is InChI=1S/C15H13BrF2N2O/c1-7-3-9(16)4-8(2)14(7)20-15(21)11-5-10(17)6-12(19)13(11)18/h3-6H,19H2,1-2H3,(H,20,21). The third kappa shape index (κ3) is 3.21. The van der Waals surface area contributed by atoms with Gasteiger partial charge in [0.25, 0.3) is 5.91 Å². The van der Waals surface area contributed by atoms with Crippen LogP contribution in [0.4, 0.5) is 20.2 Å². The first-order valence-electron chi connectivity index (χ1n) is 6.12. The molecule has 3 N–H and O–H groups in total. The zero-order valence-electron chi connectivity index (χ0n) is 11.4. The van der Waals surface area contributed by atoms with Gasteiger partial charge in [0, 0.05) is 10.2 Å². The van der Waals surface area contributed by atoms with Gasteiger partial charge in [0.1, 0.15) is 5.82 Å². The van der Waals surface area contributed by atoms with Crippen LogP contribution in [0.25, 0.3) is 0 Å². The summed E-state index contributed by atoms with van der Waals surface area (Å²) in [7, 11) is 0. The van der Waals surface area contributed by atoms with Crippen LogP contribution in [0.1, 0.15) is 21.5 Å². The van der Waals surface area contributed by atoms with Crippen molar-refractivity contribution in [2.24, 2.45) is 0 Å². The van der Waals surface area contributed by atoms with Crippen LogP contribution in [0, 0.1) is 25.5 Å². The molecule has 0 spiro atoms. The van der Waals surface area contributed by atoms with E-state index in [9.17, 15) is 13.6 Å². The zero-order chi connectivity index (χ0) is 15.7. The highest BCUT2D eigenvalue weighted by atomic mass is 79.9. The molecule has 2 rings (SSSR count). The van der Waals surface area contributed by atoms with Crippen LogP contribution < -0.4 is 11.1 Å². The summed E-state index contributed by atoms with van der Waals surface area (Å²) < 4.78 is 28.0. The van der Waals surface area contributed by atoms with Crippen LogP contribution >= 0.6 is 15.9 Å². The van der Waals surface area contributed by atoms with E-state index in [-0.39, 0.29) is 0 Å². The summed E-state index contributed by atoms with van der Waals surface area (Å²) >= 11 is 3.35. The zero-order valence-corrected chi connectivity index (χ0v) is 13.0. The van der Waals surface area contributed by atoms with Gasteiger partial charge in [0.05, 0.1) is 11.3 Å². The van der Waals surface area contributed by atoms with Crippen molar-refractivity contribution in [1.82, 2.24) is 0 Å². The number of carbonyl (C=O) groups is 1. The monoisotopic (exact) mass is 354 g/mol. The number of amides is 1. The lowest BCUT2D eigenvalue weighted by Crippen LogP contribution is -2.16. The Balaban J connectivity index is 2.40. The van der Waals surface area contributed by atoms with E-state index in [1.807, 2.05) is 26.0 Å². The van der Waals surface area contributed by atoms with Gasteiger partial charge in [-0.1, -0.05) is 15.9 Å². The first-order chi connectivity index (χ1) is 9.79. The molecule has 1 amide bonds. The van der Waals surface area contributed by atoms with E-state index in [0.717, 1.165) is 27.7 Å². The summed E-state index contributed by atoms with van der Waals surface area (Å²) in [5.41, 5.74) is 6.68. The number of halogens is 3. The molecule has 0 aliphatic carbocycles. The van der Waals surface area contributed by atoms with Gasteiger partial charge in [-0.25, -0.2) is 8.78 Å². The number of nitrogen functional groups attached to an aromatic ring is 1. The van der Waals surface area contributed by atoms with Crippen LogP contribution in [0.2, 0.25) is 0 Å². The Morgan fingerprint density at radius 2 is 1.71 bits per heavy atom. The van der Waals surface area contributed by atoms with Crippen LogP contribution in [0.15, 0.2) is 28.7 Å². The largest absolute Gasteiger partial charge is 0.396 e. The molecular formula is C15H13BrF2N2O. The van der Waals surface area contributed by atoms with Crippen LogP contribution in [-0.2, 0) is 0 Å². The fourth-order valence-corrected chi connectivity index (χ4v) is 2.75. The van der Waals surface area contributed by atoms with Gasteiger partial charge in [0.15, 0.2) is 5.82 Å². The van der Waals surface area contributed by atoms with Crippen LogP contribution in [0.5, 0.6) is 0 Å². The average molecular weight is 355 g/mol. The van der Waals surface area contributed by atoms with E-state index in [1.54, 1.807) is 0 Å². The van der Waals surface area contributed by atoms with Crippen molar-refractivity contribution in [2.45, 2.75) is 13.8 Å². The summed E-state index contributed by atoms with van der Waals surface area (Å²) in [6.07, 6.45) is 0. The van der Waals surface area contributed by atoms with E-state index in [2.05, 4.69) is 21.2 Å². The Morgan fingerprint density at radius 3 is 2.29 bits per heavy atom. The number of hydrogen-bond acceptors (Lipinski definition) is 2. The maximum atomic E-state index is 13.8. The Kier molecular flexibility index (Phi) is 4.27. The molecule has 21 heavy (non-hydrogen) atoms. The lowest BCUT2D eigenvalue weighted by molar-refractivity contribution is 0.102. The highest BCUT2D eigenvalue weighted by molar-refractivity contribution is 9.10. The number of benzene rings is 2. The number of nitrogens with one attached hydrogen (secondary N) is 1. The maximum absolute atomic E-state index is 13.8. The second kappa shape index (κ2) is 5.81. The molecular weight excluding hydrogens is 342 g/mol. The fourth-order valence-electron chi connectivity index (χ4n) is 2.06. The molecule has 0 bridgehead atoms. The number of nitrogens with two attached hydrogens (primary N) is 1. The highest BCUT2D eigenvalue weighted by Gasteiger charge is 2.17. The summed E-state index contributed by atoms with van der Waals surface area (Å²) in [4.78, 5) is 12.1. The van der Waals surface area contributed by atoms with Gasteiger partial charge in [0.2, 0.25) is 0 Å². The van der Waals surface area contributed by atoms with Crippen LogP contribution in [-0.4, -0.2) is 5.91 Å². The van der Waals surface area contributed by atoms with Crippen LogP contribution in [0.3, 0.4) is 0 Å². The lowest BCUT2D eigenvalue weighted by atomic mass is 10.1. The Hall–Kier alpha value is -1.95. The Labute approximate surface area is 129 Å². The number of anilines is 2. The van der Waals surface area contributed by atoms with Crippen molar-refractivity contribution in [2.75, 3.05) is 11.1 Å². The molecule has 0 radical (unpaired) electrons. The molecule has 0 atom stereocenters. The average Bonchev–Trinajstić information content (AvgIpc) is 2.37. The summed E-state index contributed by atoms with van der Waals surface area (Å²) in [6, 6.07) is 5.30. The molecule has 0 saturated carbocycles. The number of carbonyl (C=O) groups excluding carboxylic acids is 1. The van der Waals surface area contributed by atoms with Gasteiger partial charge in [-0.2, -0.15) is 0 Å². The van der Waals surface area contributed by atoms with Crippen molar-refractivity contribution in [1.29, 1.82) is 0 Å². The summed E-state index contributed by atoms with van der Waals surface area (Å²) in [6.45, 7) is 3.62. The smallest absolute Gasteiger partial charge is 0.258 e. The second-order valence-electron chi connectivity index (χ2n) is 4.73. The molecule has 0 fully saturated rings. The molecule has 2 aromatic carbocycles. The number of rotatable bonds is 2. The number of hydrogen-bond donors (Lipinski definition) is 2. The minimum Gasteiger partial charge on any atom is -0.396 e. The van der Waals surface area contributed by atoms with E-state index in [0.29, 0.717) is 5.69 Å². The normalized spacial score (nSPS) is 10.5. The van der Waals surface area contributed by atoms with Crippen molar-refractivity contribution in [3.05, 3.63) is 57.1 Å². The predicted molar refractivity (Wildman–Crippen MR) is 82.3 cm³/mol. The second-order valence-corrected chi connectivity index (χ2v) is 5.64. The fraction of sp³-hybridized carbons (Fsp3) is 0.133. The summed E-state index contributed by atoms with van der Waals surface area (Å²) in [5, 5.41) is 2.60. The first-order valence-corrected chi connectivity index (χ1v) is 6.91. The Bertz CT molecular complexity index is 709. The maximum Gasteiger partial charge on any atom is 0.258 e. The summed E-state index contributed by atoms with van der Waals surface area (Å²) in [5.74, 6) is -2.43. The minimum atomic E-state index is -0.929. The SMILES string of the molecule is Cc1cc(Br)cc(C)c1NC(=O)c1cc(F)cc(N)c1F. The lowest BCUT2D eigenvalue weighted by Gasteiger charge is -2.13. The highest BCUT2D eigenvalue weighted by Crippen LogP contribution is 2.26. The van der Waals surface area contributed by atoms with Gasteiger partial charge >= 0.3 is 0 Å². The third-order valence-electron chi connectivity index (χ3n) is 3.05. The van der Waals surface area contributed by atoms with Crippen molar-refractivity contribution < 1.29 is 13.6 Å². The Morgan fingerprint density at radius 1 is 1.14 bits per heavy atom. The molecule has 6 heteroatoms. The van der Waals surface area contributed by atoms with E-state index in [4.69, 9.17) is 5.73 Å². The molecule has 0 saturated heterocycles. The van der Waals surface area contributed by atoms with Crippen molar-refractivity contribution >= 4 is 33.2 Å². The van der Waals surface area contributed by atoms with Crippen molar-refractivity contribution in [3.8, 4) is 0 Å². The van der Waals surface area contributed by atoms with Gasteiger partial charge < -0.3 is 11.1 Å². The number of aryl methyl sites for hydroxylation is 2. The molecule has 110 valence electrons. The van der Waals surface area contributed by atoms with Gasteiger partial charge in [-0.05, 0) is 49.2 Å². The quantitative estimate of drug-likeness (QED) is 0.794. The third-order valence-corrected chi connectivity index (χ3v) is 3.50. The molecule has 0 unspecified atom stereocenters. The molecule has 0 aliphatic rings. The predicted octanol–water partition coefficient (Wildman–Crippen LogP) is 4.18. The first kappa shape index (κ1) is 15.4. The molecule has 2 aromatic rings.